The largest absolute Gasteiger partial charge is 0.469 e. The lowest BCUT2D eigenvalue weighted by Crippen LogP contribution is -2.49. The van der Waals surface area contributed by atoms with Crippen molar-refractivity contribution in [2.45, 2.75) is 25.6 Å². The fraction of sp³-hybridized carbons (Fsp3) is 0.368. The predicted molar refractivity (Wildman–Crippen MR) is 109 cm³/mol. The van der Waals surface area contributed by atoms with Gasteiger partial charge in [-0.05, 0) is 19.4 Å². The second-order valence-electron chi connectivity index (χ2n) is 6.54. The Kier molecular flexibility index (Phi) is 6.60. The molecule has 0 aromatic carbocycles. The van der Waals surface area contributed by atoms with Crippen molar-refractivity contribution in [2.75, 3.05) is 25.0 Å². The second kappa shape index (κ2) is 9.33. The number of H-pyrrole nitrogens is 1. The number of rotatable bonds is 7. The van der Waals surface area contributed by atoms with Crippen LogP contribution >= 0.6 is 0 Å². The number of amides is 1. The summed E-state index contributed by atoms with van der Waals surface area (Å²) in [5.74, 6) is -1.06. The molecule has 2 aromatic rings. The van der Waals surface area contributed by atoms with Crippen LogP contribution in [0.25, 0.3) is 11.0 Å². The van der Waals surface area contributed by atoms with Gasteiger partial charge in [-0.1, -0.05) is 6.58 Å². The fourth-order valence-corrected chi connectivity index (χ4v) is 3.01. The number of hydrogen-bond acceptors (Lipinski definition) is 7. The lowest BCUT2D eigenvalue weighted by Gasteiger charge is -2.34. The minimum Gasteiger partial charge on any atom is -0.469 e. The molecule has 0 bridgehead atoms. The van der Waals surface area contributed by atoms with Crippen LogP contribution in [0, 0.1) is 5.82 Å². The van der Waals surface area contributed by atoms with E-state index in [0.717, 1.165) is 12.3 Å². The molecular formula is C19H23F2N7O2. The number of halogens is 2. The minimum absolute atomic E-state index is 0.0105. The van der Waals surface area contributed by atoms with Gasteiger partial charge in [0.1, 0.15) is 23.3 Å². The lowest BCUT2D eigenvalue weighted by molar-refractivity contribution is -0.130. The van der Waals surface area contributed by atoms with Crippen LogP contribution in [-0.4, -0.2) is 63.9 Å². The number of allylic oxidation sites excluding steroid dienone is 1. The molecule has 0 unspecified atom stereocenters. The van der Waals surface area contributed by atoms with E-state index >= 15 is 0 Å². The minimum atomic E-state index is -1.35. The highest BCUT2D eigenvalue weighted by Gasteiger charge is 2.33. The Morgan fingerprint density at radius 2 is 2.37 bits per heavy atom. The van der Waals surface area contributed by atoms with Gasteiger partial charge in [0.25, 0.3) is 0 Å². The number of ether oxygens (including phenoxy) is 1. The van der Waals surface area contributed by atoms with Crippen molar-refractivity contribution in [2.24, 2.45) is 10.7 Å². The molecule has 1 aliphatic rings. The number of nitrogens with zero attached hydrogens (tertiary/aromatic N) is 4. The van der Waals surface area contributed by atoms with Crippen LogP contribution in [0.3, 0.4) is 0 Å². The van der Waals surface area contributed by atoms with Gasteiger partial charge in [-0.25, -0.2) is 8.78 Å². The smallest absolute Gasteiger partial charge is 0.246 e. The number of alkyl halides is 1. The number of nitrogens with one attached hydrogen (secondary N) is 2. The molecule has 4 N–H and O–H groups in total. The van der Waals surface area contributed by atoms with Crippen LogP contribution in [0.15, 0.2) is 35.7 Å². The van der Waals surface area contributed by atoms with E-state index < -0.39 is 18.1 Å². The highest BCUT2D eigenvalue weighted by molar-refractivity contribution is 5.87. The Balaban J connectivity index is 1.91. The van der Waals surface area contributed by atoms with Crippen molar-refractivity contribution in [3.05, 3.63) is 36.6 Å². The van der Waals surface area contributed by atoms with Crippen molar-refractivity contribution in [1.29, 1.82) is 0 Å². The molecule has 1 aliphatic heterocycles. The number of nitrogens with two attached hydrogens (primary N) is 1. The van der Waals surface area contributed by atoms with E-state index in [-0.39, 0.29) is 48.3 Å². The maximum absolute atomic E-state index is 14.5. The first-order valence-corrected chi connectivity index (χ1v) is 9.42. The Hall–Kier alpha value is -3.50. The van der Waals surface area contributed by atoms with Crippen molar-refractivity contribution in [3.63, 3.8) is 0 Å². The average molecular weight is 419 g/mol. The fourth-order valence-electron chi connectivity index (χ4n) is 3.01. The first kappa shape index (κ1) is 21.2. The molecule has 3 heterocycles. The van der Waals surface area contributed by atoms with Crippen LogP contribution < -0.4 is 15.8 Å². The SMILES string of the molecule is C=CC(=O)N1CC[C@@H](F)[C@@H](Oc2nc(NC(C=NCC)=CN)nc3[nH]cc(F)c23)C1. The zero-order valence-corrected chi connectivity index (χ0v) is 16.4. The Morgan fingerprint density at radius 1 is 1.57 bits per heavy atom. The van der Waals surface area contributed by atoms with Gasteiger partial charge in [0.05, 0.1) is 12.2 Å². The molecule has 3 rings (SSSR count). The Labute approximate surface area is 171 Å². The molecule has 30 heavy (non-hydrogen) atoms. The standard InChI is InChI=1S/C19H23F2N7O2/c1-3-15(29)28-6-5-12(20)14(10-28)30-18-16-13(21)9-24-17(16)26-19(27-18)25-11(7-22)8-23-4-2/h3,7-9,12,14H,1,4-6,10,22H2,2H3,(H2,24,25,26,27)/t12-,14+/m1/s1. The summed E-state index contributed by atoms with van der Waals surface area (Å²) in [6.07, 6.45) is 2.77. The van der Waals surface area contributed by atoms with Gasteiger partial charge in [-0.2, -0.15) is 9.97 Å². The molecule has 9 nitrogen and oxygen atoms in total. The van der Waals surface area contributed by atoms with Crippen LogP contribution in [0.4, 0.5) is 14.7 Å². The number of anilines is 1. The Bertz CT molecular complexity index is 989. The number of piperidine rings is 1. The first-order valence-electron chi connectivity index (χ1n) is 9.42. The van der Waals surface area contributed by atoms with Gasteiger partial charge in [-0.15, -0.1) is 0 Å². The van der Waals surface area contributed by atoms with Gasteiger partial charge in [0, 0.05) is 31.7 Å². The summed E-state index contributed by atoms with van der Waals surface area (Å²) in [7, 11) is 0. The summed E-state index contributed by atoms with van der Waals surface area (Å²) in [5, 5.41) is 2.85. The third-order valence-corrected chi connectivity index (χ3v) is 4.53. The number of likely N-dealkylation sites (tertiary alicyclic amines) is 1. The quantitative estimate of drug-likeness (QED) is 0.466. The molecule has 11 heteroatoms. The van der Waals surface area contributed by atoms with Crippen LogP contribution in [0.1, 0.15) is 13.3 Å². The summed E-state index contributed by atoms with van der Waals surface area (Å²) in [5.41, 5.74) is 6.15. The van der Waals surface area contributed by atoms with E-state index in [1.54, 1.807) is 0 Å². The highest BCUT2D eigenvalue weighted by atomic mass is 19.1. The summed E-state index contributed by atoms with van der Waals surface area (Å²) in [6.45, 7) is 6.09. The number of carbonyl (C=O) groups excluding carboxylic acids is 1. The van der Waals surface area contributed by atoms with E-state index in [4.69, 9.17) is 10.5 Å². The van der Waals surface area contributed by atoms with Crippen molar-refractivity contribution in [3.8, 4) is 5.88 Å². The molecule has 0 spiro atoms. The summed E-state index contributed by atoms with van der Waals surface area (Å²) in [4.78, 5) is 28.5. The van der Waals surface area contributed by atoms with E-state index in [1.165, 1.54) is 17.3 Å². The Morgan fingerprint density at radius 3 is 3.07 bits per heavy atom. The van der Waals surface area contributed by atoms with Gasteiger partial charge >= 0.3 is 0 Å². The number of fused-ring (bicyclic) bond motifs is 1. The van der Waals surface area contributed by atoms with Crippen LogP contribution in [-0.2, 0) is 4.79 Å². The van der Waals surface area contributed by atoms with Crippen molar-refractivity contribution < 1.29 is 18.3 Å². The average Bonchev–Trinajstić information content (AvgIpc) is 3.12. The molecular weight excluding hydrogens is 396 g/mol. The number of carbonyl (C=O) groups is 1. The molecule has 2 aromatic heterocycles. The van der Waals surface area contributed by atoms with Gasteiger partial charge < -0.3 is 25.7 Å². The zero-order chi connectivity index (χ0) is 21.7. The zero-order valence-electron chi connectivity index (χ0n) is 16.4. The molecule has 0 aliphatic carbocycles. The first-order chi connectivity index (χ1) is 14.5. The normalized spacial score (nSPS) is 20.0. The second-order valence-corrected chi connectivity index (χ2v) is 6.54. The van der Waals surface area contributed by atoms with E-state index in [2.05, 4.69) is 31.8 Å². The van der Waals surface area contributed by atoms with E-state index in [9.17, 15) is 13.6 Å². The number of hydrogen-bond donors (Lipinski definition) is 3. The topological polar surface area (TPSA) is 122 Å². The lowest BCUT2D eigenvalue weighted by atomic mass is 10.1. The van der Waals surface area contributed by atoms with Gasteiger partial charge in [-0.3, -0.25) is 9.79 Å². The van der Waals surface area contributed by atoms with Crippen LogP contribution in [0.5, 0.6) is 5.88 Å². The molecule has 0 saturated carbocycles. The monoisotopic (exact) mass is 419 g/mol. The number of aromatic amines is 1. The maximum atomic E-state index is 14.5. The maximum Gasteiger partial charge on any atom is 0.246 e. The van der Waals surface area contributed by atoms with Gasteiger partial charge in [0.15, 0.2) is 5.82 Å². The molecule has 0 radical (unpaired) electrons. The van der Waals surface area contributed by atoms with Gasteiger partial charge in [0.2, 0.25) is 17.7 Å². The number of aliphatic imine (C=N–C) groups is 1. The molecule has 1 saturated heterocycles. The van der Waals surface area contributed by atoms with E-state index in [1.807, 2.05) is 6.92 Å². The summed E-state index contributed by atoms with van der Waals surface area (Å²) >= 11 is 0. The number of aromatic nitrogens is 3. The molecule has 1 amide bonds. The third-order valence-electron chi connectivity index (χ3n) is 4.53. The van der Waals surface area contributed by atoms with Crippen molar-refractivity contribution >= 4 is 29.1 Å². The van der Waals surface area contributed by atoms with Crippen molar-refractivity contribution in [1.82, 2.24) is 19.9 Å². The summed E-state index contributed by atoms with van der Waals surface area (Å²) < 4.78 is 34.6. The predicted octanol–water partition coefficient (Wildman–Crippen LogP) is 1.90. The molecule has 2 atom stereocenters. The molecule has 160 valence electrons. The highest BCUT2D eigenvalue weighted by Crippen LogP contribution is 2.29. The molecule has 1 fully saturated rings. The summed E-state index contributed by atoms with van der Waals surface area (Å²) in [6, 6.07) is 0. The third kappa shape index (κ3) is 4.56. The van der Waals surface area contributed by atoms with E-state index in [0.29, 0.717) is 12.2 Å². The van der Waals surface area contributed by atoms with Crippen LogP contribution in [0.2, 0.25) is 0 Å².